The van der Waals surface area contributed by atoms with E-state index in [0.717, 1.165) is 32.9 Å². The lowest BCUT2D eigenvalue weighted by atomic mass is 10.2. The molecule has 0 saturated carbocycles. The summed E-state index contributed by atoms with van der Waals surface area (Å²) in [4.78, 5) is 4.36. The molecule has 1 heterocycles. The maximum absolute atomic E-state index is 5.98. The zero-order chi connectivity index (χ0) is 14.5. The van der Waals surface area contributed by atoms with Crippen molar-refractivity contribution < 1.29 is 4.74 Å². The quantitative estimate of drug-likeness (QED) is 0.422. The maximum Gasteiger partial charge on any atom is 0.159 e. The summed E-state index contributed by atoms with van der Waals surface area (Å²) >= 11 is 13.0. The van der Waals surface area contributed by atoms with Gasteiger partial charge in [-0.3, -0.25) is 0 Å². The fraction of sp³-hybridized carbons (Fsp3) is 0.214. The molecule has 0 aliphatic rings. The van der Waals surface area contributed by atoms with Crippen LogP contribution in [-0.2, 0) is 0 Å². The Hall–Kier alpha value is -0.620. The Bertz CT molecular complexity index is 634. The Kier molecular flexibility index (Phi) is 5.84. The van der Waals surface area contributed by atoms with Crippen molar-refractivity contribution in [3.8, 4) is 5.75 Å². The van der Waals surface area contributed by atoms with Crippen LogP contribution >= 0.6 is 43.5 Å². The van der Waals surface area contributed by atoms with Crippen LogP contribution in [-0.4, -0.2) is 24.7 Å². The zero-order valence-electron chi connectivity index (χ0n) is 10.6. The fourth-order valence-corrected chi connectivity index (χ4v) is 3.27. The lowest BCUT2D eigenvalue weighted by Crippen LogP contribution is -2.21. The third kappa shape index (κ3) is 3.73. The molecular weight excluding hydrogens is 407 g/mol. The van der Waals surface area contributed by atoms with E-state index >= 15 is 0 Å². The number of hydrogen-bond donors (Lipinski definition) is 1. The van der Waals surface area contributed by atoms with Gasteiger partial charge < -0.3 is 10.1 Å². The van der Waals surface area contributed by atoms with Crippen molar-refractivity contribution in [3.05, 3.63) is 45.0 Å². The highest BCUT2D eigenvalue weighted by atomic mass is 79.9. The normalized spacial score (nSPS) is 10.8. The molecule has 0 aliphatic carbocycles. The average Bonchev–Trinajstić information content (AvgIpc) is 2.41. The molecule has 106 valence electrons. The first kappa shape index (κ1) is 15.8. The van der Waals surface area contributed by atoms with Gasteiger partial charge in [0.25, 0.3) is 0 Å². The molecule has 0 aliphatic heterocycles. The van der Waals surface area contributed by atoms with Crippen LogP contribution < -0.4 is 10.1 Å². The molecule has 0 radical (unpaired) electrons. The van der Waals surface area contributed by atoms with E-state index in [9.17, 15) is 0 Å². The first-order valence-electron chi connectivity index (χ1n) is 6.02. The van der Waals surface area contributed by atoms with Crippen molar-refractivity contribution in [2.45, 2.75) is 0 Å². The van der Waals surface area contributed by atoms with Crippen molar-refractivity contribution in [1.82, 2.24) is 10.3 Å². The Balaban J connectivity index is 2.27. The molecule has 3 nitrogen and oxygen atoms in total. The summed E-state index contributed by atoms with van der Waals surface area (Å²) in [5.74, 6) is 0.700. The fourth-order valence-electron chi connectivity index (χ4n) is 1.74. The van der Waals surface area contributed by atoms with Gasteiger partial charge in [0.05, 0.1) is 4.47 Å². The van der Waals surface area contributed by atoms with Crippen LogP contribution in [0.15, 0.2) is 39.8 Å². The van der Waals surface area contributed by atoms with E-state index in [1.807, 2.05) is 18.2 Å². The minimum Gasteiger partial charge on any atom is -0.489 e. The Morgan fingerprint density at radius 2 is 2.15 bits per heavy atom. The largest absolute Gasteiger partial charge is 0.489 e. The molecule has 6 heteroatoms. The summed E-state index contributed by atoms with van der Waals surface area (Å²) in [7, 11) is 0. The van der Waals surface area contributed by atoms with Crippen LogP contribution in [0.1, 0.15) is 0 Å². The van der Waals surface area contributed by atoms with Crippen molar-refractivity contribution in [1.29, 1.82) is 0 Å². The van der Waals surface area contributed by atoms with E-state index in [4.69, 9.17) is 16.3 Å². The maximum atomic E-state index is 5.98. The number of halogens is 3. The highest BCUT2D eigenvalue weighted by molar-refractivity contribution is 9.11. The van der Waals surface area contributed by atoms with Crippen molar-refractivity contribution in [2.75, 3.05) is 19.7 Å². The topological polar surface area (TPSA) is 34.1 Å². The number of hydrogen-bond acceptors (Lipinski definition) is 3. The Morgan fingerprint density at radius 3 is 2.90 bits per heavy atom. The van der Waals surface area contributed by atoms with E-state index < -0.39 is 0 Å². The second-order valence-electron chi connectivity index (χ2n) is 4.04. The molecule has 0 amide bonds. The van der Waals surface area contributed by atoms with Gasteiger partial charge in [-0.05, 0) is 34.1 Å². The Labute approximate surface area is 139 Å². The van der Waals surface area contributed by atoms with E-state index in [-0.39, 0.29) is 0 Å². The van der Waals surface area contributed by atoms with Gasteiger partial charge in [-0.15, -0.1) is 6.58 Å². The molecule has 0 atom stereocenters. The van der Waals surface area contributed by atoms with E-state index in [0.29, 0.717) is 17.5 Å². The van der Waals surface area contributed by atoms with Crippen molar-refractivity contribution >= 4 is 54.4 Å². The van der Waals surface area contributed by atoms with Gasteiger partial charge in [0.1, 0.15) is 17.3 Å². The first-order valence-corrected chi connectivity index (χ1v) is 7.98. The standard InChI is InChI=1S/C14H13Br2ClN2O/c1-2-5-18-6-7-20-14-11(16)8-10(15)9-3-4-12(17)19-13(9)14/h2-4,8,18H,1,5-7H2. The SMILES string of the molecule is C=CCNCCOc1c(Br)cc(Br)c2ccc(Cl)nc12. The average molecular weight is 421 g/mol. The highest BCUT2D eigenvalue weighted by Crippen LogP contribution is 2.38. The third-order valence-corrected chi connectivity index (χ3v) is 4.07. The number of nitrogens with zero attached hydrogens (tertiary/aromatic N) is 1. The Morgan fingerprint density at radius 1 is 1.35 bits per heavy atom. The smallest absolute Gasteiger partial charge is 0.159 e. The number of ether oxygens (including phenoxy) is 1. The molecule has 0 unspecified atom stereocenters. The van der Waals surface area contributed by atoms with Crippen molar-refractivity contribution in [3.63, 3.8) is 0 Å². The first-order chi connectivity index (χ1) is 9.63. The van der Waals surface area contributed by atoms with Crippen LogP contribution in [0.3, 0.4) is 0 Å². The molecule has 0 saturated heterocycles. The molecule has 0 fully saturated rings. The summed E-state index contributed by atoms with van der Waals surface area (Å²) in [6.07, 6.45) is 1.81. The second-order valence-corrected chi connectivity index (χ2v) is 6.14. The number of pyridine rings is 1. The second kappa shape index (κ2) is 7.41. The predicted molar refractivity (Wildman–Crippen MR) is 90.7 cm³/mol. The molecule has 1 aromatic heterocycles. The number of fused-ring (bicyclic) bond motifs is 1. The summed E-state index contributed by atoms with van der Waals surface area (Å²) < 4.78 is 7.61. The van der Waals surface area contributed by atoms with E-state index in [1.54, 1.807) is 6.07 Å². The highest BCUT2D eigenvalue weighted by Gasteiger charge is 2.12. The van der Waals surface area contributed by atoms with Crippen molar-refractivity contribution in [2.24, 2.45) is 0 Å². The molecule has 20 heavy (non-hydrogen) atoms. The van der Waals surface area contributed by atoms with Crippen LogP contribution in [0.5, 0.6) is 5.75 Å². The monoisotopic (exact) mass is 418 g/mol. The predicted octanol–water partition coefficient (Wildman–Crippen LogP) is 4.57. The molecule has 0 bridgehead atoms. The summed E-state index contributed by atoms with van der Waals surface area (Å²) in [6.45, 7) is 5.68. The molecule has 0 spiro atoms. The van der Waals surface area contributed by atoms with E-state index in [2.05, 4.69) is 48.7 Å². The minimum atomic E-state index is 0.442. The van der Waals surface area contributed by atoms with Gasteiger partial charge in [-0.1, -0.05) is 33.6 Å². The van der Waals surface area contributed by atoms with E-state index in [1.165, 1.54) is 0 Å². The van der Waals surface area contributed by atoms with Gasteiger partial charge in [-0.25, -0.2) is 4.98 Å². The van der Waals surface area contributed by atoms with Crippen LogP contribution in [0.4, 0.5) is 0 Å². The molecule has 1 N–H and O–H groups in total. The summed E-state index contributed by atoms with van der Waals surface area (Å²) in [5, 5.41) is 4.59. The summed E-state index contributed by atoms with van der Waals surface area (Å²) in [6, 6.07) is 5.63. The van der Waals surface area contributed by atoms with Gasteiger partial charge in [-0.2, -0.15) is 0 Å². The molecule has 2 aromatic rings. The minimum absolute atomic E-state index is 0.442. The molecule has 1 aromatic carbocycles. The van der Waals surface area contributed by atoms with Gasteiger partial charge in [0.2, 0.25) is 0 Å². The third-order valence-electron chi connectivity index (χ3n) is 2.62. The van der Waals surface area contributed by atoms with Crippen LogP contribution in [0.2, 0.25) is 5.15 Å². The zero-order valence-corrected chi connectivity index (χ0v) is 14.6. The van der Waals surface area contributed by atoms with Gasteiger partial charge in [0, 0.05) is 22.9 Å². The van der Waals surface area contributed by atoms with Crippen LogP contribution in [0, 0.1) is 0 Å². The van der Waals surface area contributed by atoms with Gasteiger partial charge >= 0.3 is 0 Å². The molecular formula is C14H13Br2ClN2O. The number of benzene rings is 1. The van der Waals surface area contributed by atoms with Crippen LogP contribution in [0.25, 0.3) is 10.9 Å². The lowest BCUT2D eigenvalue weighted by Gasteiger charge is -2.12. The molecule has 2 rings (SSSR count). The summed E-state index contributed by atoms with van der Waals surface area (Å²) in [5.41, 5.74) is 0.738. The lowest BCUT2D eigenvalue weighted by molar-refractivity contribution is 0.317. The number of nitrogens with one attached hydrogen (secondary N) is 1. The number of aromatic nitrogens is 1. The van der Waals surface area contributed by atoms with Gasteiger partial charge in [0.15, 0.2) is 5.75 Å². The number of rotatable bonds is 6.